The molecule has 23 heavy (non-hydrogen) atoms. The molecule has 0 unspecified atom stereocenters. The molecule has 0 atom stereocenters. The van der Waals surface area contributed by atoms with Crippen molar-refractivity contribution in [3.05, 3.63) is 48.7 Å². The molecular weight excluding hydrogens is 306 g/mol. The van der Waals surface area contributed by atoms with Gasteiger partial charge in [-0.3, -0.25) is 4.90 Å². The third kappa shape index (κ3) is 3.46. The lowest BCUT2D eigenvalue weighted by molar-refractivity contribution is 0.0337. The summed E-state index contributed by atoms with van der Waals surface area (Å²) in [6.45, 7) is 9.65. The normalized spacial score (nSPS) is 17.9. The molecule has 2 aromatic heterocycles. The van der Waals surface area contributed by atoms with Crippen molar-refractivity contribution in [1.29, 1.82) is 0 Å². The first-order valence-corrected chi connectivity index (χ1v) is 8.99. The van der Waals surface area contributed by atoms with E-state index in [0.29, 0.717) is 18.3 Å². The van der Waals surface area contributed by atoms with Crippen LogP contribution in [0.1, 0.15) is 38.0 Å². The van der Waals surface area contributed by atoms with Gasteiger partial charge in [0.1, 0.15) is 0 Å². The van der Waals surface area contributed by atoms with Crippen molar-refractivity contribution < 1.29 is 4.52 Å². The van der Waals surface area contributed by atoms with E-state index in [4.69, 9.17) is 4.52 Å². The minimum absolute atomic E-state index is 0.0965. The molecule has 1 aliphatic rings. The Morgan fingerprint density at radius 3 is 2.83 bits per heavy atom. The summed E-state index contributed by atoms with van der Waals surface area (Å²) in [5.41, 5.74) is 0.0965. The third-order valence-electron chi connectivity index (χ3n) is 4.58. The van der Waals surface area contributed by atoms with E-state index in [-0.39, 0.29) is 5.54 Å². The number of nitrogens with zero attached hydrogens (tertiary/aromatic N) is 3. The summed E-state index contributed by atoms with van der Waals surface area (Å²) in [4.78, 5) is 8.09. The van der Waals surface area contributed by atoms with E-state index >= 15 is 0 Å². The number of hydrogen-bond acceptors (Lipinski definition) is 5. The van der Waals surface area contributed by atoms with Crippen molar-refractivity contribution >= 4 is 11.3 Å². The smallest absolute Gasteiger partial charge is 0.241 e. The van der Waals surface area contributed by atoms with Crippen molar-refractivity contribution in [3.8, 4) is 10.7 Å². The molecule has 1 fully saturated rings. The van der Waals surface area contributed by atoms with Gasteiger partial charge in [-0.25, -0.2) is 0 Å². The lowest BCUT2D eigenvalue weighted by Crippen LogP contribution is -2.50. The minimum atomic E-state index is 0.0965. The monoisotopic (exact) mass is 329 g/mol. The summed E-state index contributed by atoms with van der Waals surface area (Å²) in [7, 11) is 0. The SMILES string of the molecule is C=CCC1(CC=C)CCCCN1Cc1nc(-c2cccs2)no1. The lowest BCUT2D eigenvalue weighted by Gasteiger charge is -2.46. The van der Waals surface area contributed by atoms with Crippen molar-refractivity contribution in [2.24, 2.45) is 0 Å². The molecule has 0 aromatic carbocycles. The van der Waals surface area contributed by atoms with Crippen LogP contribution in [0.15, 0.2) is 47.3 Å². The predicted octanol–water partition coefficient (Wildman–Crippen LogP) is 4.68. The van der Waals surface area contributed by atoms with Crippen LogP contribution in [-0.4, -0.2) is 27.1 Å². The van der Waals surface area contributed by atoms with Crippen LogP contribution >= 0.6 is 11.3 Å². The number of piperidine rings is 1. The molecule has 5 heteroatoms. The average Bonchev–Trinajstić information content (AvgIpc) is 3.21. The number of hydrogen-bond donors (Lipinski definition) is 0. The Hall–Kier alpha value is -1.72. The van der Waals surface area contributed by atoms with Gasteiger partial charge in [-0.1, -0.05) is 29.8 Å². The van der Waals surface area contributed by atoms with E-state index in [1.165, 1.54) is 12.8 Å². The molecule has 122 valence electrons. The fraction of sp³-hybridized carbons (Fsp3) is 0.444. The molecule has 3 rings (SSSR count). The van der Waals surface area contributed by atoms with Crippen LogP contribution in [0.4, 0.5) is 0 Å². The van der Waals surface area contributed by atoms with Crippen molar-refractivity contribution in [1.82, 2.24) is 15.0 Å². The van der Waals surface area contributed by atoms with Gasteiger partial charge in [-0.05, 0) is 43.7 Å². The molecule has 0 N–H and O–H groups in total. The van der Waals surface area contributed by atoms with Crippen LogP contribution in [0.5, 0.6) is 0 Å². The standard InChI is InChI=1S/C18H23N3OS/c1-3-9-18(10-4-2)11-5-6-12-21(18)14-16-19-17(20-22-16)15-8-7-13-23-15/h3-4,7-8,13H,1-2,5-6,9-12,14H2. The maximum atomic E-state index is 5.49. The summed E-state index contributed by atoms with van der Waals surface area (Å²) < 4.78 is 5.49. The van der Waals surface area contributed by atoms with Gasteiger partial charge in [0.15, 0.2) is 0 Å². The fourth-order valence-electron chi connectivity index (χ4n) is 3.47. The Kier molecular flexibility index (Phi) is 5.08. The highest BCUT2D eigenvalue weighted by Crippen LogP contribution is 2.36. The topological polar surface area (TPSA) is 42.2 Å². The molecule has 3 heterocycles. The van der Waals surface area contributed by atoms with Crippen molar-refractivity contribution in [3.63, 3.8) is 0 Å². The van der Waals surface area contributed by atoms with Gasteiger partial charge in [-0.15, -0.1) is 24.5 Å². The largest absolute Gasteiger partial charge is 0.338 e. The van der Waals surface area contributed by atoms with Crippen molar-refractivity contribution in [2.75, 3.05) is 6.54 Å². The van der Waals surface area contributed by atoms with Gasteiger partial charge in [0.05, 0.1) is 11.4 Å². The van der Waals surface area contributed by atoms with Crippen LogP contribution in [0.3, 0.4) is 0 Å². The Balaban J connectivity index is 1.79. The minimum Gasteiger partial charge on any atom is -0.338 e. The van der Waals surface area contributed by atoms with E-state index in [0.717, 1.165) is 30.7 Å². The third-order valence-corrected chi connectivity index (χ3v) is 5.44. The average molecular weight is 329 g/mol. The predicted molar refractivity (Wildman–Crippen MR) is 94.2 cm³/mol. The molecule has 0 aliphatic carbocycles. The summed E-state index contributed by atoms with van der Waals surface area (Å²) in [6.07, 6.45) is 9.59. The van der Waals surface area contributed by atoms with Gasteiger partial charge in [-0.2, -0.15) is 4.98 Å². The highest BCUT2D eigenvalue weighted by Gasteiger charge is 2.37. The lowest BCUT2D eigenvalue weighted by atomic mass is 9.81. The highest BCUT2D eigenvalue weighted by atomic mass is 32.1. The first kappa shape index (κ1) is 16.1. The molecule has 0 amide bonds. The van der Waals surface area contributed by atoms with Gasteiger partial charge in [0.2, 0.25) is 11.7 Å². The van der Waals surface area contributed by atoms with Gasteiger partial charge >= 0.3 is 0 Å². The first-order chi connectivity index (χ1) is 11.3. The zero-order valence-corrected chi connectivity index (χ0v) is 14.2. The molecule has 0 bridgehead atoms. The maximum Gasteiger partial charge on any atom is 0.241 e. The quantitative estimate of drug-likeness (QED) is 0.692. The molecule has 2 aromatic rings. The van der Waals surface area contributed by atoms with Crippen LogP contribution in [0.25, 0.3) is 10.7 Å². The Bertz CT molecular complexity index is 637. The van der Waals surface area contributed by atoms with Crippen LogP contribution < -0.4 is 0 Å². The second-order valence-corrected chi connectivity index (χ2v) is 7.03. The molecule has 0 spiro atoms. The zero-order valence-electron chi connectivity index (χ0n) is 13.4. The van der Waals surface area contributed by atoms with E-state index in [1.807, 2.05) is 29.7 Å². The van der Waals surface area contributed by atoms with Crippen LogP contribution in [0.2, 0.25) is 0 Å². The van der Waals surface area contributed by atoms with E-state index in [2.05, 4.69) is 28.2 Å². The van der Waals surface area contributed by atoms with Crippen molar-refractivity contribution in [2.45, 2.75) is 44.2 Å². The number of likely N-dealkylation sites (tertiary alicyclic amines) is 1. The van der Waals surface area contributed by atoms with E-state index < -0.39 is 0 Å². The van der Waals surface area contributed by atoms with E-state index in [1.54, 1.807) is 11.3 Å². The summed E-state index contributed by atoms with van der Waals surface area (Å²) >= 11 is 1.63. The molecule has 1 saturated heterocycles. The molecule has 0 saturated carbocycles. The second-order valence-electron chi connectivity index (χ2n) is 6.08. The summed E-state index contributed by atoms with van der Waals surface area (Å²) in [5.74, 6) is 1.37. The number of rotatable bonds is 7. The van der Waals surface area contributed by atoms with Crippen LogP contribution in [-0.2, 0) is 6.54 Å². The van der Waals surface area contributed by atoms with Gasteiger partial charge in [0.25, 0.3) is 0 Å². The second kappa shape index (κ2) is 7.23. The molecular formula is C18H23N3OS. The molecule has 1 aliphatic heterocycles. The summed E-state index contributed by atoms with van der Waals surface area (Å²) in [5, 5.41) is 6.14. The Morgan fingerprint density at radius 2 is 2.13 bits per heavy atom. The molecule has 4 nitrogen and oxygen atoms in total. The summed E-state index contributed by atoms with van der Waals surface area (Å²) in [6, 6.07) is 4.01. The zero-order chi connectivity index (χ0) is 16.1. The fourth-order valence-corrected chi connectivity index (χ4v) is 4.12. The van der Waals surface area contributed by atoms with Gasteiger partial charge in [0, 0.05) is 5.54 Å². The number of aromatic nitrogens is 2. The maximum absolute atomic E-state index is 5.49. The van der Waals surface area contributed by atoms with Gasteiger partial charge < -0.3 is 4.52 Å². The highest BCUT2D eigenvalue weighted by molar-refractivity contribution is 7.13. The van der Waals surface area contributed by atoms with Crippen LogP contribution in [0, 0.1) is 0 Å². The Morgan fingerprint density at radius 1 is 1.30 bits per heavy atom. The first-order valence-electron chi connectivity index (χ1n) is 8.11. The number of thiophene rings is 1. The van der Waals surface area contributed by atoms with E-state index in [9.17, 15) is 0 Å². The Labute approximate surface area is 141 Å². The molecule has 0 radical (unpaired) electrons.